The fourth-order valence-electron chi connectivity index (χ4n) is 2.98. The summed E-state index contributed by atoms with van der Waals surface area (Å²) < 4.78 is 5.66. The van der Waals surface area contributed by atoms with Crippen LogP contribution in [0.25, 0.3) is 10.2 Å². The molecule has 1 aliphatic carbocycles. The topological polar surface area (TPSA) is 47.0 Å². The Balaban J connectivity index is 2.13. The third-order valence-corrected chi connectivity index (χ3v) is 5.14. The van der Waals surface area contributed by atoms with Crippen LogP contribution in [0.4, 0.5) is 5.82 Å². The number of rotatable bonds is 5. The molecule has 0 aromatic carbocycles. The van der Waals surface area contributed by atoms with Crippen molar-refractivity contribution in [2.24, 2.45) is 0 Å². The third-order valence-electron chi connectivity index (χ3n) is 3.96. The molecule has 0 fully saturated rings. The molecule has 0 saturated carbocycles. The predicted octanol–water partition coefficient (Wildman–Crippen LogP) is 4.10. The molecule has 3 rings (SSSR count). The lowest BCUT2D eigenvalue weighted by Crippen LogP contribution is -2.09. The Bertz CT molecular complexity index is 638. The molecule has 114 valence electrons. The first kappa shape index (κ1) is 14.7. The molecule has 1 aliphatic rings. The highest BCUT2D eigenvalue weighted by Gasteiger charge is 2.22. The van der Waals surface area contributed by atoms with Gasteiger partial charge in [0, 0.05) is 18.0 Å². The molecule has 1 unspecified atom stereocenters. The van der Waals surface area contributed by atoms with E-state index >= 15 is 0 Å². The smallest absolute Gasteiger partial charge is 0.160 e. The lowest BCUT2D eigenvalue weighted by atomic mass is 9.97. The number of fused-ring (bicyclic) bond motifs is 3. The summed E-state index contributed by atoms with van der Waals surface area (Å²) in [6.45, 7) is 7.69. The van der Waals surface area contributed by atoms with Crippen molar-refractivity contribution in [3.8, 4) is 0 Å². The van der Waals surface area contributed by atoms with Gasteiger partial charge in [-0.15, -0.1) is 11.3 Å². The maximum absolute atomic E-state index is 5.66. The van der Waals surface area contributed by atoms with E-state index < -0.39 is 0 Å². The fraction of sp³-hybridized carbons (Fsp3) is 0.625. The first-order chi connectivity index (χ1) is 10.2. The molecule has 21 heavy (non-hydrogen) atoms. The summed E-state index contributed by atoms with van der Waals surface area (Å²) in [5.74, 6) is 1.78. The van der Waals surface area contributed by atoms with E-state index in [2.05, 4.69) is 12.2 Å². The first-order valence-electron chi connectivity index (χ1n) is 7.92. The molecule has 2 aromatic rings. The van der Waals surface area contributed by atoms with E-state index in [4.69, 9.17) is 14.7 Å². The van der Waals surface area contributed by atoms with Gasteiger partial charge in [0.2, 0.25) is 0 Å². The monoisotopic (exact) mass is 305 g/mol. The average Bonchev–Trinajstić information content (AvgIpc) is 2.86. The number of nitrogens with zero attached hydrogens (tertiary/aromatic N) is 2. The second kappa shape index (κ2) is 6.28. The molecule has 0 amide bonds. The van der Waals surface area contributed by atoms with Gasteiger partial charge in [-0.2, -0.15) is 0 Å². The molecular weight excluding hydrogens is 282 g/mol. The Labute approximate surface area is 129 Å². The fourth-order valence-corrected chi connectivity index (χ4v) is 4.24. The number of thiophene rings is 1. The van der Waals surface area contributed by atoms with E-state index in [9.17, 15) is 0 Å². The zero-order valence-corrected chi connectivity index (χ0v) is 13.8. The summed E-state index contributed by atoms with van der Waals surface area (Å²) in [6, 6.07) is 0. The van der Waals surface area contributed by atoms with Crippen molar-refractivity contribution < 1.29 is 4.74 Å². The summed E-state index contributed by atoms with van der Waals surface area (Å²) in [4.78, 5) is 12.2. The number of hydrogen-bond acceptors (Lipinski definition) is 5. The molecule has 5 heteroatoms. The van der Waals surface area contributed by atoms with Crippen molar-refractivity contribution in [1.29, 1.82) is 0 Å². The van der Waals surface area contributed by atoms with Crippen molar-refractivity contribution in [3.05, 3.63) is 16.3 Å². The van der Waals surface area contributed by atoms with Gasteiger partial charge >= 0.3 is 0 Å². The van der Waals surface area contributed by atoms with E-state index in [1.165, 1.54) is 35.1 Å². The van der Waals surface area contributed by atoms with E-state index in [0.717, 1.165) is 29.4 Å². The van der Waals surface area contributed by atoms with Gasteiger partial charge in [0.1, 0.15) is 16.8 Å². The Kier molecular flexibility index (Phi) is 4.40. The molecule has 0 bridgehead atoms. The Morgan fingerprint density at radius 3 is 2.81 bits per heavy atom. The molecule has 0 saturated heterocycles. The maximum atomic E-state index is 5.66. The van der Waals surface area contributed by atoms with Gasteiger partial charge in [-0.25, -0.2) is 9.97 Å². The lowest BCUT2D eigenvalue weighted by molar-refractivity contribution is 0.0704. The van der Waals surface area contributed by atoms with Crippen LogP contribution >= 0.6 is 11.3 Å². The highest BCUT2D eigenvalue weighted by atomic mass is 32.1. The Hall–Kier alpha value is -1.20. The standard InChI is InChI=1S/C16H23N3OS/c1-4-17-15-13-11-8-6-7-9-12(11)21-16(13)19-14(18-15)10(3)20-5-2/h10H,4-9H2,1-3H3,(H,17,18,19). The van der Waals surface area contributed by atoms with Gasteiger partial charge in [0.15, 0.2) is 5.82 Å². The van der Waals surface area contributed by atoms with Crippen LogP contribution in [-0.2, 0) is 17.6 Å². The number of aromatic nitrogens is 2. The number of aryl methyl sites for hydroxylation is 2. The van der Waals surface area contributed by atoms with Crippen molar-refractivity contribution in [2.75, 3.05) is 18.5 Å². The van der Waals surface area contributed by atoms with Crippen LogP contribution in [0.1, 0.15) is 56.0 Å². The van der Waals surface area contributed by atoms with Crippen molar-refractivity contribution >= 4 is 27.4 Å². The predicted molar refractivity (Wildman–Crippen MR) is 88.3 cm³/mol. The van der Waals surface area contributed by atoms with Crippen LogP contribution in [0.15, 0.2) is 0 Å². The zero-order valence-electron chi connectivity index (χ0n) is 13.0. The van der Waals surface area contributed by atoms with Crippen LogP contribution < -0.4 is 5.32 Å². The highest BCUT2D eigenvalue weighted by molar-refractivity contribution is 7.19. The Morgan fingerprint density at radius 2 is 2.05 bits per heavy atom. The lowest BCUT2D eigenvalue weighted by Gasteiger charge is -2.14. The zero-order chi connectivity index (χ0) is 14.8. The number of ether oxygens (including phenoxy) is 1. The molecule has 0 radical (unpaired) electrons. The third kappa shape index (κ3) is 2.77. The quantitative estimate of drug-likeness (QED) is 0.903. The minimum Gasteiger partial charge on any atom is -0.371 e. The van der Waals surface area contributed by atoms with Crippen molar-refractivity contribution in [3.63, 3.8) is 0 Å². The van der Waals surface area contributed by atoms with E-state index in [-0.39, 0.29) is 6.10 Å². The van der Waals surface area contributed by atoms with Crippen LogP contribution in [0, 0.1) is 0 Å². The van der Waals surface area contributed by atoms with E-state index in [1.807, 2.05) is 25.2 Å². The molecule has 2 heterocycles. The summed E-state index contributed by atoms with van der Waals surface area (Å²) in [5.41, 5.74) is 1.48. The minimum atomic E-state index is -0.0593. The van der Waals surface area contributed by atoms with E-state index in [1.54, 1.807) is 0 Å². The van der Waals surface area contributed by atoms with Crippen molar-refractivity contribution in [1.82, 2.24) is 9.97 Å². The summed E-state index contributed by atoms with van der Waals surface area (Å²) in [7, 11) is 0. The minimum absolute atomic E-state index is 0.0593. The summed E-state index contributed by atoms with van der Waals surface area (Å²) in [6.07, 6.45) is 4.87. The molecular formula is C16H23N3OS. The second-order valence-electron chi connectivity index (χ2n) is 5.45. The van der Waals surface area contributed by atoms with Gasteiger partial charge in [-0.05, 0) is 52.0 Å². The SMILES string of the molecule is CCNc1nc(C(C)OCC)nc2sc3c(c12)CCCC3. The Morgan fingerprint density at radius 1 is 1.24 bits per heavy atom. The summed E-state index contributed by atoms with van der Waals surface area (Å²) in [5, 5.41) is 4.68. The van der Waals surface area contributed by atoms with Gasteiger partial charge in [0.25, 0.3) is 0 Å². The highest BCUT2D eigenvalue weighted by Crippen LogP contribution is 2.39. The van der Waals surface area contributed by atoms with Gasteiger partial charge in [-0.3, -0.25) is 0 Å². The van der Waals surface area contributed by atoms with Gasteiger partial charge in [0.05, 0.1) is 5.39 Å². The van der Waals surface area contributed by atoms with Crippen LogP contribution in [0.2, 0.25) is 0 Å². The molecule has 2 aromatic heterocycles. The van der Waals surface area contributed by atoms with Crippen LogP contribution in [-0.4, -0.2) is 23.1 Å². The first-order valence-corrected chi connectivity index (χ1v) is 8.73. The van der Waals surface area contributed by atoms with Gasteiger partial charge < -0.3 is 10.1 Å². The van der Waals surface area contributed by atoms with Gasteiger partial charge in [-0.1, -0.05) is 0 Å². The average molecular weight is 305 g/mol. The van der Waals surface area contributed by atoms with Crippen LogP contribution in [0.5, 0.6) is 0 Å². The van der Waals surface area contributed by atoms with Crippen LogP contribution in [0.3, 0.4) is 0 Å². The molecule has 0 spiro atoms. The number of nitrogens with one attached hydrogen (secondary N) is 1. The summed E-state index contributed by atoms with van der Waals surface area (Å²) >= 11 is 1.84. The number of anilines is 1. The molecule has 0 aliphatic heterocycles. The van der Waals surface area contributed by atoms with Crippen molar-refractivity contribution in [2.45, 2.75) is 52.6 Å². The molecule has 4 nitrogen and oxygen atoms in total. The number of hydrogen-bond donors (Lipinski definition) is 1. The second-order valence-corrected chi connectivity index (χ2v) is 6.53. The van der Waals surface area contributed by atoms with E-state index in [0.29, 0.717) is 6.61 Å². The molecule has 1 atom stereocenters. The normalized spacial score (nSPS) is 16.0. The largest absolute Gasteiger partial charge is 0.371 e. The maximum Gasteiger partial charge on any atom is 0.160 e. The molecule has 1 N–H and O–H groups in total.